The van der Waals surface area contributed by atoms with Crippen LogP contribution in [0.4, 0.5) is 0 Å². The first kappa shape index (κ1) is 22.2. The predicted octanol–water partition coefficient (Wildman–Crippen LogP) is 4.38. The molecule has 1 fully saturated rings. The summed E-state index contributed by atoms with van der Waals surface area (Å²) >= 11 is 1.81. The van der Waals surface area contributed by atoms with E-state index in [2.05, 4.69) is 70.4 Å². The first-order chi connectivity index (χ1) is 12.7. The summed E-state index contributed by atoms with van der Waals surface area (Å²) in [6.45, 7) is 5.63. The van der Waals surface area contributed by atoms with Crippen LogP contribution >= 0.6 is 35.3 Å². The van der Waals surface area contributed by atoms with Crippen molar-refractivity contribution in [2.45, 2.75) is 31.1 Å². The zero-order chi connectivity index (χ0) is 18.2. The molecule has 6 heteroatoms. The molecule has 148 valence electrons. The number of rotatable bonds is 6. The average molecular weight is 499 g/mol. The van der Waals surface area contributed by atoms with E-state index < -0.39 is 0 Å². The van der Waals surface area contributed by atoms with Gasteiger partial charge in [0.15, 0.2) is 5.96 Å². The van der Waals surface area contributed by atoms with Crippen molar-refractivity contribution in [2.24, 2.45) is 4.99 Å². The molecule has 0 spiro atoms. The molecule has 2 N–H and O–H groups in total. The normalized spacial score (nSPS) is 17.6. The van der Waals surface area contributed by atoms with E-state index >= 15 is 0 Å². The maximum atomic E-state index is 5.63. The van der Waals surface area contributed by atoms with Crippen LogP contribution in [0.1, 0.15) is 36.1 Å². The molecule has 0 saturated carbocycles. The molecule has 0 aliphatic carbocycles. The van der Waals surface area contributed by atoms with Crippen molar-refractivity contribution in [3.8, 4) is 0 Å². The monoisotopic (exact) mass is 499 g/mol. The second-order valence-corrected chi connectivity index (χ2v) is 7.96. The van der Waals surface area contributed by atoms with Crippen molar-refractivity contribution < 1.29 is 4.74 Å². The summed E-state index contributed by atoms with van der Waals surface area (Å²) in [6, 6.07) is 15.1. The summed E-state index contributed by atoms with van der Waals surface area (Å²) in [4.78, 5) is 5.82. The van der Waals surface area contributed by atoms with Gasteiger partial charge in [0, 0.05) is 49.6 Å². The lowest BCUT2D eigenvalue weighted by molar-refractivity contribution is 0.0514. The summed E-state index contributed by atoms with van der Waals surface area (Å²) in [5.41, 5.74) is 1.49. The number of ether oxygens (including phenoxy) is 1. The summed E-state index contributed by atoms with van der Waals surface area (Å²) in [5, 5.41) is 9.18. The molecule has 1 aromatic heterocycles. The van der Waals surface area contributed by atoms with Crippen LogP contribution in [-0.2, 0) is 10.2 Å². The molecule has 27 heavy (non-hydrogen) atoms. The van der Waals surface area contributed by atoms with Gasteiger partial charge in [-0.15, -0.1) is 35.3 Å². The third-order valence-corrected chi connectivity index (χ3v) is 6.36. The van der Waals surface area contributed by atoms with E-state index in [0.717, 1.165) is 45.1 Å². The summed E-state index contributed by atoms with van der Waals surface area (Å²) < 4.78 is 5.63. The number of aliphatic imine (C=N–C) groups is 1. The number of benzene rings is 1. The Kier molecular flexibility index (Phi) is 9.05. The Hall–Kier alpha value is -1.12. The lowest BCUT2D eigenvalue weighted by Gasteiger charge is -2.38. The average Bonchev–Trinajstić information content (AvgIpc) is 3.24. The van der Waals surface area contributed by atoms with Gasteiger partial charge in [-0.3, -0.25) is 4.99 Å². The van der Waals surface area contributed by atoms with E-state index in [1.807, 2.05) is 18.4 Å². The lowest BCUT2D eigenvalue weighted by Crippen LogP contribution is -2.48. The molecule has 2 heterocycles. The smallest absolute Gasteiger partial charge is 0.191 e. The molecule has 0 bridgehead atoms. The molecule has 1 saturated heterocycles. The van der Waals surface area contributed by atoms with Gasteiger partial charge in [0.1, 0.15) is 0 Å². The minimum Gasteiger partial charge on any atom is -0.381 e. The number of hydrogen-bond donors (Lipinski definition) is 2. The largest absolute Gasteiger partial charge is 0.381 e. The van der Waals surface area contributed by atoms with E-state index in [1.54, 1.807) is 0 Å². The quantitative estimate of drug-likeness (QED) is 0.352. The number of hydrogen-bond acceptors (Lipinski definition) is 3. The summed E-state index contributed by atoms with van der Waals surface area (Å²) in [5.74, 6) is 1.34. The maximum Gasteiger partial charge on any atom is 0.191 e. The zero-order valence-corrected chi connectivity index (χ0v) is 19.3. The molecule has 3 rings (SSSR count). The fourth-order valence-corrected chi connectivity index (χ4v) is 4.30. The Labute approximate surface area is 183 Å². The standard InChI is InChI=1S/C21H29N3OS.HI/c1-17(19-9-6-14-26-19)15-23-20(22-2)24-16-21(10-12-25-13-11-21)18-7-4-3-5-8-18;/h3-9,14,17H,10-13,15-16H2,1-2H3,(H2,22,23,24);1H. The van der Waals surface area contributed by atoms with Crippen molar-refractivity contribution in [1.82, 2.24) is 10.6 Å². The predicted molar refractivity (Wildman–Crippen MR) is 126 cm³/mol. The molecular weight excluding hydrogens is 469 g/mol. The van der Waals surface area contributed by atoms with Gasteiger partial charge in [0.25, 0.3) is 0 Å². The summed E-state index contributed by atoms with van der Waals surface area (Å²) in [6.07, 6.45) is 2.07. The lowest BCUT2D eigenvalue weighted by atomic mass is 9.74. The van der Waals surface area contributed by atoms with Gasteiger partial charge in [0.2, 0.25) is 0 Å². The highest BCUT2D eigenvalue weighted by Crippen LogP contribution is 2.34. The van der Waals surface area contributed by atoms with Crippen LogP contribution in [0.5, 0.6) is 0 Å². The molecule has 2 aromatic rings. The minimum atomic E-state index is 0. The number of halogens is 1. The topological polar surface area (TPSA) is 45.7 Å². The number of nitrogens with one attached hydrogen (secondary N) is 2. The Morgan fingerprint density at radius 3 is 2.52 bits per heavy atom. The Bertz CT molecular complexity index is 685. The van der Waals surface area contributed by atoms with Crippen molar-refractivity contribution in [3.05, 3.63) is 58.3 Å². The van der Waals surface area contributed by atoms with E-state index in [0.29, 0.717) is 5.92 Å². The summed E-state index contributed by atoms with van der Waals surface area (Å²) in [7, 11) is 1.84. The van der Waals surface area contributed by atoms with Gasteiger partial charge in [-0.1, -0.05) is 43.3 Å². The Morgan fingerprint density at radius 1 is 1.15 bits per heavy atom. The van der Waals surface area contributed by atoms with Crippen molar-refractivity contribution in [2.75, 3.05) is 33.4 Å². The second kappa shape index (κ2) is 11.0. The van der Waals surface area contributed by atoms with Gasteiger partial charge >= 0.3 is 0 Å². The highest BCUT2D eigenvalue weighted by atomic mass is 127. The van der Waals surface area contributed by atoms with Gasteiger partial charge < -0.3 is 15.4 Å². The van der Waals surface area contributed by atoms with Crippen LogP contribution in [0.25, 0.3) is 0 Å². The van der Waals surface area contributed by atoms with E-state index in [-0.39, 0.29) is 29.4 Å². The molecule has 1 aliphatic rings. The van der Waals surface area contributed by atoms with Gasteiger partial charge in [0.05, 0.1) is 0 Å². The van der Waals surface area contributed by atoms with Crippen molar-refractivity contribution in [3.63, 3.8) is 0 Å². The molecule has 0 radical (unpaired) electrons. The third-order valence-electron chi connectivity index (χ3n) is 5.26. The first-order valence-corrected chi connectivity index (χ1v) is 10.2. The first-order valence-electron chi connectivity index (χ1n) is 9.35. The molecule has 1 unspecified atom stereocenters. The van der Waals surface area contributed by atoms with E-state index in [4.69, 9.17) is 4.74 Å². The fourth-order valence-electron chi connectivity index (χ4n) is 3.52. The second-order valence-electron chi connectivity index (χ2n) is 6.98. The molecule has 1 atom stereocenters. The van der Waals surface area contributed by atoms with E-state index in [1.165, 1.54) is 10.4 Å². The number of guanidine groups is 1. The molecular formula is C21H30IN3OS. The minimum absolute atomic E-state index is 0. The molecule has 0 amide bonds. The SMILES string of the molecule is CN=C(NCC(C)c1cccs1)NCC1(c2ccccc2)CCOCC1.I. The molecule has 1 aromatic carbocycles. The van der Waals surface area contributed by atoms with Crippen LogP contribution in [0, 0.1) is 0 Å². The third kappa shape index (κ3) is 5.93. The molecule has 1 aliphatic heterocycles. The van der Waals surface area contributed by atoms with Crippen molar-refractivity contribution in [1.29, 1.82) is 0 Å². The highest BCUT2D eigenvalue weighted by Gasteiger charge is 2.34. The maximum absolute atomic E-state index is 5.63. The van der Waals surface area contributed by atoms with Crippen LogP contribution in [0.15, 0.2) is 52.8 Å². The van der Waals surface area contributed by atoms with E-state index in [9.17, 15) is 0 Å². The van der Waals surface area contributed by atoms with Crippen LogP contribution in [0.2, 0.25) is 0 Å². The van der Waals surface area contributed by atoms with Gasteiger partial charge in [-0.2, -0.15) is 0 Å². The number of thiophene rings is 1. The van der Waals surface area contributed by atoms with Gasteiger partial charge in [-0.05, 0) is 29.9 Å². The Morgan fingerprint density at radius 2 is 1.89 bits per heavy atom. The molecule has 4 nitrogen and oxygen atoms in total. The Balaban J connectivity index is 0.00000261. The fraction of sp³-hybridized carbons (Fsp3) is 0.476. The van der Waals surface area contributed by atoms with Crippen LogP contribution < -0.4 is 10.6 Å². The van der Waals surface area contributed by atoms with Crippen LogP contribution in [0.3, 0.4) is 0 Å². The number of nitrogens with zero attached hydrogens (tertiary/aromatic N) is 1. The van der Waals surface area contributed by atoms with Crippen molar-refractivity contribution >= 4 is 41.3 Å². The zero-order valence-electron chi connectivity index (χ0n) is 16.1. The highest BCUT2D eigenvalue weighted by molar-refractivity contribution is 14.0. The van der Waals surface area contributed by atoms with Gasteiger partial charge in [-0.25, -0.2) is 0 Å². The van der Waals surface area contributed by atoms with Crippen LogP contribution in [-0.4, -0.2) is 39.3 Å².